The molecular formula is C51H87NO3. The Morgan fingerprint density at radius 1 is 0.455 bits per heavy atom. The second kappa shape index (κ2) is 45.7. The fraction of sp³-hybridized carbons (Fsp3) is 0.667. The number of aliphatic hydroxyl groups excluding tert-OH is 2. The van der Waals surface area contributed by atoms with Gasteiger partial charge in [-0.2, -0.15) is 0 Å². The summed E-state index contributed by atoms with van der Waals surface area (Å²) in [5.74, 6) is -0.208. The third-order valence-corrected chi connectivity index (χ3v) is 9.81. The Morgan fingerprint density at radius 2 is 0.818 bits per heavy atom. The van der Waals surface area contributed by atoms with Crippen molar-refractivity contribution in [3.63, 3.8) is 0 Å². The van der Waals surface area contributed by atoms with Crippen LogP contribution in [0.4, 0.5) is 0 Å². The van der Waals surface area contributed by atoms with Gasteiger partial charge in [0.1, 0.15) is 0 Å². The zero-order valence-corrected chi connectivity index (χ0v) is 35.9. The van der Waals surface area contributed by atoms with Crippen molar-refractivity contribution in [2.75, 3.05) is 6.61 Å². The first kappa shape index (κ1) is 52.3. The van der Waals surface area contributed by atoms with Crippen LogP contribution in [0.25, 0.3) is 0 Å². The van der Waals surface area contributed by atoms with Gasteiger partial charge >= 0.3 is 0 Å². The molecule has 0 aliphatic heterocycles. The van der Waals surface area contributed by atoms with Crippen molar-refractivity contribution in [3.05, 3.63) is 97.2 Å². The molecule has 4 heteroatoms. The molecule has 0 spiro atoms. The summed E-state index contributed by atoms with van der Waals surface area (Å²) in [6, 6.07) is -0.706. The van der Waals surface area contributed by atoms with Crippen LogP contribution < -0.4 is 5.32 Å². The van der Waals surface area contributed by atoms with Crippen LogP contribution >= 0.6 is 0 Å². The average Bonchev–Trinajstić information content (AvgIpc) is 3.19. The van der Waals surface area contributed by atoms with E-state index in [1.54, 1.807) is 6.08 Å². The van der Waals surface area contributed by atoms with Crippen LogP contribution in [0.15, 0.2) is 97.2 Å². The highest BCUT2D eigenvalue weighted by Gasteiger charge is 2.17. The summed E-state index contributed by atoms with van der Waals surface area (Å²) >= 11 is 0. The van der Waals surface area contributed by atoms with E-state index in [1.165, 1.54) is 122 Å². The van der Waals surface area contributed by atoms with Gasteiger partial charge in [-0.3, -0.25) is 4.79 Å². The molecule has 0 heterocycles. The highest BCUT2D eigenvalue weighted by atomic mass is 16.3. The Morgan fingerprint density at radius 3 is 1.24 bits per heavy atom. The first-order chi connectivity index (χ1) is 27.2. The van der Waals surface area contributed by atoms with Crippen LogP contribution in [0.3, 0.4) is 0 Å². The van der Waals surface area contributed by atoms with Gasteiger partial charge in [-0.25, -0.2) is 0 Å². The molecule has 4 nitrogen and oxygen atoms in total. The Labute approximate surface area is 341 Å². The zero-order chi connectivity index (χ0) is 40.0. The van der Waals surface area contributed by atoms with Gasteiger partial charge in [-0.05, 0) is 70.6 Å². The molecule has 0 saturated heterocycles. The zero-order valence-electron chi connectivity index (χ0n) is 35.9. The highest BCUT2D eigenvalue weighted by Crippen LogP contribution is 2.15. The molecule has 0 rings (SSSR count). The molecule has 0 saturated carbocycles. The number of hydrogen-bond acceptors (Lipinski definition) is 3. The molecule has 55 heavy (non-hydrogen) atoms. The molecule has 0 radical (unpaired) electrons. The smallest absolute Gasteiger partial charge is 0.224 e. The second-order valence-electron chi connectivity index (χ2n) is 15.1. The molecule has 3 N–H and O–H groups in total. The van der Waals surface area contributed by atoms with Crippen molar-refractivity contribution in [2.45, 2.75) is 212 Å². The van der Waals surface area contributed by atoms with E-state index in [0.717, 1.165) is 57.8 Å². The van der Waals surface area contributed by atoms with Crippen LogP contribution in [-0.2, 0) is 4.79 Å². The maximum absolute atomic E-state index is 12.3. The molecule has 1 amide bonds. The summed E-state index contributed by atoms with van der Waals surface area (Å²) in [5, 5.41) is 22.9. The predicted octanol–water partition coefficient (Wildman–Crippen LogP) is 14.6. The topological polar surface area (TPSA) is 69.6 Å². The van der Waals surface area contributed by atoms with Gasteiger partial charge in [0.15, 0.2) is 0 Å². The van der Waals surface area contributed by atoms with E-state index in [-0.39, 0.29) is 18.9 Å². The van der Waals surface area contributed by atoms with Crippen molar-refractivity contribution < 1.29 is 15.0 Å². The van der Waals surface area contributed by atoms with Crippen molar-refractivity contribution >= 4 is 5.91 Å². The third kappa shape index (κ3) is 42.3. The normalized spacial score (nSPS) is 13.9. The summed E-state index contributed by atoms with van der Waals surface area (Å²) in [6.07, 6.45) is 68.5. The molecule has 2 atom stereocenters. The highest BCUT2D eigenvalue weighted by molar-refractivity contribution is 5.77. The maximum Gasteiger partial charge on any atom is 0.224 e. The van der Waals surface area contributed by atoms with Crippen LogP contribution in [0.1, 0.15) is 200 Å². The largest absolute Gasteiger partial charge is 0.394 e. The first-order valence-corrected chi connectivity index (χ1v) is 23.0. The number of unbranched alkanes of at least 4 members (excludes halogenated alkanes) is 20. The minimum absolute atomic E-state index is 0.208. The quantitative estimate of drug-likeness (QED) is 0.0430. The van der Waals surface area contributed by atoms with Crippen LogP contribution in [-0.4, -0.2) is 34.9 Å². The predicted molar refractivity (Wildman–Crippen MR) is 243 cm³/mol. The lowest BCUT2D eigenvalue weighted by atomic mass is 10.0. The van der Waals surface area contributed by atoms with Crippen molar-refractivity contribution in [3.8, 4) is 0 Å². The molecule has 314 valence electrons. The van der Waals surface area contributed by atoms with Crippen molar-refractivity contribution in [1.82, 2.24) is 5.32 Å². The lowest BCUT2D eigenvalue weighted by Gasteiger charge is -2.19. The lowest BCUT2D eigenvalue weighted by Crippen LogP contribution is -2.44. The first-order valence-electron chi connectivity index (χ1n) is 23.0. The van der Waals surface area contributed by atoms with Gasteiger partial charge in [0.25, 0.3) is 0 Å². The van der Waals surface area contributed by atoms with E-state index in [1.807, 2.05) is 18.2 Å². The Bertz CT molecular complexity index is 1050. The summed E-state index contributed by atoms with van der Waals surface area (Å²) in [6.45, 7) is 4.13. The number of carbonyl (C=O) groups excluding carboxylic acids is 1. The number of rotatable bonds is 40. The SMILES string of the molecule is CC/C=C\C/C=C\C/C=C\C/C=C\C/C=C\CC(=O)NC(CO)C(O)/C=C/CC/C=C/CC/C=C/CCCCCCCCCCCCCCCCCCCC. The average molecular weight is 762 g/mol. The van der Waals surface area contributed by atoms with Crippen LogP contribution in [0.2, 0.25) is 0 Å². The molecule has 0 aliphatic carbocycles. The van der Waals surface area contributed by atoms with E-state index in [4.69, 9.17) is 0 Å². The minimum atomic E-state index is -0.916. The molecule has 0 aliphatic rings. The van der Waals surface area contributed by atoms with E-state index < -0.39 is 12.1 Å². The number of carbonyl (C=O) groups is 1. The van der Waals surface area contributed by atoms with Crippen LogP contribution in [0.5, 0.6) is 0 Å². The van der Waals surface area contributed by atoms with E-state index in [2.05, 4.69) is 92.1 Å². The monoisotopic (exact) mass is 762 g/mol. The van der Waals surface area contributed by atoms with Crippen LogP contribution in [0, 0.1) is 0 Å². The molecule has 0 aromatic rings. The Balaban J connectivity index is 3.71. The third-order valence-electron chi connectivity index (χ3n) is 9.81. The standard InChI is InChI=1S/C51H87NO3/c1-3-5-7-9-11-13-15-17-19-20-21-22-23-24-25-26-27-28-29-30-31-33-34-36-38-40-42-44-46-50(54)49(48-53)52-51(55)47-45-43-41-39-37-35-32-18-16-14-12-10-8-6-4-2/h6,8,12,14,18,30-32,36-39,43-46,49-50,53-54H,3-5,7,9-11,13,15-17,19-29,33-35,40-42,47-48H2,1-2H3,(H,52,55)/b8-6-,14-12-,31-30+,32-18-,38-36+,39-37-,45-43-,46-44+. The van der Waals surface area contributed by atoms with Gasteiger partial charge in [-0.1, -0.05) is 220 Å². The molecule has 0 bridgehead atoms. The number of nitrogens with one attached hydrogen (secondary N) is 1. The van der Waals surface area contributed by atoms with Gasteiger partial charge in [0.2, 0.25) is 5.91 Å². The number of hydrogen-bond donors (Lipinski definition) is 3. The van der Waals surface area contributed by atoms with Gasteiger partial charge in [0.05, 0.1) is 18.8 Å². The summed E-state index contributed by atoms with van der Waals surface area (Å²) in [5.41, 5.74) is 0. The molecule has 0 fully saturated rings. The lowest BCUT2D eigenvalue weighted by molar-refractivity contribution is -0.122. The van der Waals surface area contributed by atoms with E-state index in [0.29, 0.717) is 0 Å². The number of aliphatic hydroxyl groups is 2. The molecule has 2 unspecified atom stereocenters. The minimum Gasteiger partial charge on any atom is -0.394 e. The van der Waals surface area contributed by atoms with Gasteiger partial charge < -0.3 is 15.5 Å². The molecule has 0 aromatic heterocycles. The summed E-state index contributed by atoms with van der Waals surface area (Å²) < 4.78 is 0. The Hall–Kier alpha value is -2.69. The second-order valence-corrected chi connectivity index (χ2v) is 15.1. The number of allylic oxidation sites excluding steroid dienone is 14. The maximum atomic E-state index is 12.3. The summed E-state index contributed by atoms with van der Waals surface area (Å²) in [7, 11) is 0. The van der Waals surface area contributed by atoms with Gasteiger partial charge in [-0.15, -0.1) is 0 Å². The van der Waals surface area contributed by atoms with Crippen molar-refractivity contribution in [1.29, 1.82) is 0 Å². The molecular weight excluding hydrogens is 675 g/mol. The number of amides is 1. The molecule has 0 aromatic carbocycles. The van der Waals surface area contributed by atoms with E-state index in [9.17, 15) is 15.0 Å². The van der Waals surface area contributed by atoms with Gasteiger partial charge in [0, 0.05) is 6.42 Å². The fourth-order valence-corrected chi connectivity index (χ4v) is 6.34. The summed E-state index contributed by atoms with van der Waals surface area (Å²) in [4.78, 5) is 12.3. The Kier molecular flexibility index (Phi) is 43.5. The van der Waals surface area contributed by atoms with E-state index >= 15 is 0 Å². The fourth-order valence-electron chi connectivity index (χ4n) is 6.34. The van der Waals surface area contributed by atoms with Crippen molar-refractivity contribution in [2.24, 2.45) is 0 Å².